The molecule has 1 aromatic carbocycles. The van der Waals surface area contributed by atoms with Gasteiger partial charge in [-0.1, -0.05) is 26.2 Å². The Balaban J connectivity index is 0.000000583. The fourth-order valence-corrected chi connectivity index (χ4v) is 1.30. The van der Waals surface area contributed by atoms with E-state index in [-0.39, 0.29) is 26.5 Å². The van der Waals surface area contributed by atoms with Crippen LogP contribution < -0.4 is 0 Å². The minimum atomic E-state index is 0. The number of H-pyrrole nitrogens is 1. The van der Waals surface area contributed by atoms with Crippen molar-refractivity contribution in [3.8, 4) is 0 Å². The van der Waals surface area contributed by atoms with E-state index in [0.29, 0.717) is 0 Å². The molecule has 1 heterocycles. The average Bonchev–Trinajstić information content (AvgIpc) is 2.63. The maximum absolute atomic E-state index is 4.21. The number of rotatable bonds is 0. The molecular weight excluding hydrogens is 380 g/mol. The Morgan fingerprint density at radius 2 is 1.88 bits per heavy atom. The van der Waals surface area contributed by atoms with Gasteiger partial charge in [-0.3, -0.25) is 0 Å². The molecule has 3 heteroatoms. The molecular formula is C14H20N2W. The van der Waals surface area contributed by atoms with Gasteiger partial charge in [0, 0.05) is 0 Å². The first kappa shape index (κ1) is 16.4. The first-order valence-corrected chi connectivity index (χ1v) is 5.58. The number of fused-ring (bicyclic) bond motifs is 1. The van der Waals surface area contributed by atoms with Gasteiger partial charge in [-0.15, -0.1) is 11.6 Å². The van der Waals surface area contributed by atoms with Gasteiger partial charge in [0.1, 0.15) is 0 Å². The molecule has 2 rings (SSSR count). The Morgan fingerprint density at radius 3 is 2.41 bits per heavy atom. The Hall–Kier alpha value is -0.622. The molecule has 17 heavy (non-hydrogen) atoms. The minimum absolute atomic E-state index is 0. The van der Waals surface area contributed by atoms with Crippen molar-refractivity contribution in [1.29, 1.82) is 0 Å². The molecule has 2 aromatic rings. The quantitative estimate of drug-likeness (QED) is 0.669. The van der Waals surface area contributed by atoms with Crippen LogP contribution in [0.25, 0.3) is 11.0 Å². The van der Waals surface area contributed by atoms with Crippen LogP contribution in [0.4, 0.5) is 0 Å². The summed E-state index contributed by atoms with van der Waals surface area (Å²) in [7, 11) is 0. The average molecular weight is 400 g/mol. The zero-order chi connectivity index (χ0) is 12.2. The Morgan fingerprint density at radius 1 is 1.29 bits per heavy atom. The van der Waals surface area contributed by atoms with Crippen LogP contribution in [0.3, 0.4) is 0 Å². The standard InChI is InChI=1S/C11H13N2.C3H7.W/c1-11(2,3)8-4-5-9-10(6-8)13-7-12-9;1-3-2;/h4,6-7H,1-3H3,(H,12,13);3H,1-2H3;/q2*-1;+2. The first-order valence-electron chi connectivity index (χ1n) is 5.58. The predicted molar refractivity (Wildman–Crippen MR) is 69.3 cm³/mol. The van der Waals surface area contributed by atoms with Gasteiger partial charge in [-0.05, 0) is 11.0 Å². The maximum atomic E-state index is 4.21. The molecule has 0 aliphatic rings. The van der Waals surface area contributed by atoms with Crippen LogP contribution in [-0.2, 0) is 26.5 Å². The molecule has 0 fully saturated rings. The van der Waals surface area contributed by atoms with Gasteiger partial charge in [-0.2, -0.15) is 26.0 Å². The van der Waals surface area contributed by atoms with Gasteiger partial charge in [0.2, 0.25) is 0 Å². The number of hydrogen-bond donors (Lipinski definition) is 1. The molecule has 0 aliphatic carbocycles. The van der Waals surface area contributed by atoms with E-state index < -0.39 is 0 Å². The normalized spacial score (nSPS) is 10.4. The molecule has 0 aliphatic heterocycles. The number of aromatic nitrogens is 2. The van der Waals surface area contributed by atoms with Crippen LogP contribution in [0.1, 0.15) is 40.2 Å². The molecule has 2 nitrogen and oxygen atoms in total. The van der Waals surface area contributed by atoms with E-state index in [1.54, 1.807) is 6.33 Å². The van der Waals surface area contributed by atoms with Crippen molar-refractivity contribution in [3.63, 3.8) is 0 Å². The van der Waals surface area contributed by atoms with E-state index in [9.17, 15) is 0 Å². The molecule has 0 saturated carbocycles. The molecule has 0 atom stereocenters. The summed E-state index contributed by atoms with van der Waals surface area (Å²) in [5, 5.41) is 0. The van der Waals surface area contributed by atoms with E-state index in [2.05, 4.69) is 42.9 Å². The molecule has 1 aromatic heterocycles. The summed E-state index contributed by atoms with van der Waals surface area (Å²) < 4.78 is 0. The molecule has 0 amide bonds. The topological polar surface area (TPSA) is 28.7 Å². The van der Waals surface area contributed by atoms with Crippen molar-refractivity contribution in [1.82, 2.24) is 9.97 Å². The molecule has 0 bridgehead atoms. The van der Waals surface area contributed by atoms with Gasteiger partial charge >= 0.3 is 21.1 Å². The Kier molecular flexibility index (Phi) is 6.70. The summed E-state index contributed by atoms with van der Waals surface area (Å²) in [5.41, 5.74) is 3.41. The Labute approximate surface area is 118 Å². The molecule has 92 valence electrons. The van der Waals surface area contributed by atoms with Crippen molar-refractivity contribution in [2.24, 2.45) is 0 Å². The number of nitrogens with one attached hydrogen (secondary N) is 1. The zero-order valence-electron chi connectivity index (χ0n) is 11.2. The van der Waals surface area contributed by atoms with Crippen molar-refractivity contribution < 1.29 is 21.1 Å². The van der Waals surface area contributed by atoms with Crippen LogP contribution in [0.2, 0.25) is 0 Å². The third kappa shape index (κ3) is 4.63. The zero-order valence-corrected chi connectivity index (χ0v) is 14.1. The van der Waals surface area contributed by atoms with Crippen molar-refractivity contribution in [3.05, 3.63) is 36.5 Å². The largest absolute Gasteiger partial charge is 2.00 e. The van der Waals surface area contributed by atoms with Crippen LogP contribution in [0, 0.1) is 12.5 Å². The van der Waals surface area contributed by atoms with Crippen molar-refractivity contribution in [2.75, 3.05) is 0 Å². The van der Waals surface area contributed by atoms with Gasteiger partial charge in [0.15, 0.2) is 0 Å². The van der Waals surface area contributed by atoms with Gasteiger partial charge in [0.25, 0.3) is 0 Å². The van der Waals surface area contributed by atoms with E-state index in [0.717, 1.165) is 11.0 Å². The summed E-state index contributed by atoms with van der Waals surface area (Å²) in [5.74, 6) is 0. The summed E-state index contributed by atoms with van der Waals surface area (Å²) >= 11 is 0. The van der Waals surface area contributed by atoms with Crippen LogP contribution in [0.15, 0.2) is 18.5 Å². The van der Waals surface area contributed by atoms with Crippen LogP contribution in [-0.4, -0.2) is 9.97 Å². The third-order valence-corrected chi connectivity index (χ3v) is 2.20. The third-order valence-electron chi connectivity index (χ3n) is 2.20. The number of hydrogen-bond acceptors (Lipinski definition) is 1. The SMILES string of the molecule is CC(C)(C)c1c[c-]c2[nH]cnc2c1.C[CH-]C.[W+2]. The summed E-state index contributed by atoms with van der Waals surface area (Å²) in [6, 6.07) is 7.33. The number of imidazole rings is 1. The maximum Gasteiger partial charge on any atom is 2.00 e. The van der Waals surface area contributed by atoms with Gasteiger partial charge < -0.3 is 16.4 Å². The van der Waals surface area contributed by atoms with Gasteiger partial charge in [-0.25, -0.2) is 0 Å². The summed E-state index contributed by atoms with van der Waals surface area (Å²) in [6.07, 6.45) is 3.70. The number of nitrogens with zero attached hydrogens (tertiary/aromatic N) is 1. The van der Waals surface area contributed by atoms with E-state index >= 15 is 0 Å². The van der Waals surface area contributed by atoms with Crippen LogP contribution >= 0.6 is 0 Å². The summed E-state index contributed by atoms with van der Waals surface area (Å²) in [4.78, 5) is 7.24. The summed E-state index contributed by atoms with van der Waals surface area (Å²) in [6.45, 7) is 10.6. The molecule has 0 unspecified atom stereocenters. The fourth-order valence-electron chi connectivity index (χ4n) is 1.30. The van der Waals surface area contributed by atoms with Crippen molar-refractivity contribution in [2.45, 2.75) is 40.0 Å². The molecule has 0 radical (unpaired) electrons. The number of benzene rings is 1. The van der Waals surface area contributed by atoms with E-state index in [4.69, 9.17) is 0 Å². The van der Waals surface area contributed by atoms with E-state index in [1.807, 2.05) is 26.3 Å². The van der Waals surface area contributed by atoms with Gasteiger partial charge in [0.05, 0.1) is 6.33 Å². The second-order valence-corrected chi connectivity index (χ2v) is 4.88. The minimum Gasteiger partial charge on any atom is -0.368 e. The van der Waals surface area contributed by atoms with E-state index in [1.165, 1.54) is 5.56 Å². The van der Waals surface area contributed by atoms with Crippen molar-refractivity contribution >= 4 is 11.0 Å². The predicted octanol–water partition coefficient (Wildman–Crippen LogP) is 3.89. The fraction of sp³-hybridized carbons (Fsp3) is 0.429. The first-order chi connectivity index (χ1) is 7.49. The number of aromatic amines is 1. The second kappa shape index (κ2) is 6.96. The van der Waals surface area contributed by atoms with Crippen LogP contribution in [0.5, 0.6) is 0 Å². The molecule has 0 spiro atoms. The smallest absolute Gasteiger partial charge is 0.368 e. The second-order valence-electron chi connectivity index (χ2n) is 4.88. The monoisotopic (exact) mass is 400 g/mol. The molecule has 1 N–H and O–H groups in total. The molecule has 0 saturated heterocycles. The Bertz CT molecular complexity index is 441.